The molecule has 0 radical (unpaired) electrons. The van der Waals surface area contributed by atoms with Gasteiger partial charge in [-0.3, -0.25) is 0 Å². The van der Waals surface area contributed by atoms with E-state index in [1.807, 2.05) is 0 Å². The minimum atomic E-state index is -2.77. The van der Waals surface area contributed by atoms with Crippen LogP contribution < -0.4 is 4.74 Å². The third kappa shape index (κ3) is 1.95. The molecule has 1 unspecified atom stereocenters. The van der Waals surface area contributed by atoms with Crippen molar-refractivity contribution in [3.63, 3.8) is 0 Å². The Bertz CT molecular complexity index is 352. The molecule has 2 nitrogen and oxygen atoms in total. The minimum Gasteiger partial charge on any atom is -0.497 e. The lowest BCUT2D eigenvalue weighted by atomic mass is 10.0. The van der Waals surface area contributed by atoms with Gasteiger partial charge in [-0.25, -0.2) is 8.78 Å². The highest BCUT2D eigenvalue weighted by Gasteiger charge is 2.46. The minimum absolute atomic E-state index is 0.106. The van der Waals surface area contributed by atoms with E-state index in [1.165, 1.54) is 7.11 Å². The summed E-state index contributed by atoms with van der Waals surface area (Å²) in [7, 11) is 1.51. The van der Waals surface area contributed by atoms with Crippen LogP contribution in [0.5, 0.6) is 5.75 Å². The van der Waals surface area contributed by atoms with Crippen molar-refractivity contribution < 1.29 is 18.3 Å². The molecule has 15 heavy (non-hydrogen) atoms. The zero-order chi connectivity index (χ0) is 10.9. The van der Waals surface area contributed by atoms with E-state index < -0.39 is 12.0 Å². The highest BCUT2D eigenvalue weighted by molar-refractivity contribution is 5.31. The van der Waals surface area contributed by atoms with Crippen molar-refractivity contribution in [2.24, 2.45) is 0 Å². The summed E-state index contributed by atoms with van der Waals surface area (Å²) in [5, 5.41) is 0. The first-order valence-electron chi connectivity index (χ1n) is 4.77. The third-order valence-corrected chi connectivity index (χ3v) is 2.50. The van der Waals surface area contributed by atoms with Crippen LogP contribution in [0, 0.1) is 0 Å². The van der Waals surface area contributed by atoms with Crippen LogP contribution in [0.15, 0.2) is 24.3 Å². The van der Waals surface area contributed by atoms with Gasteiger partial charge in [0.2, 0.25) is 0 Å². The summed E-state index contributed by atoms with van der Waals surface area (Å²) in [4.78, 5) is 0. The van der Waals surface area contributed by atoms with Gasteiger partial charge in [0.25, 0.3) is 5.92 Å². The van der Waals surface area contributed by atoms with E-state index in [-0.39, 0.29) is 13.0 Å². The van der Waals surface area contributed by atoms with Gasteiger partial charge < -0.3 is 9.47 Å². The molecule has 1 atom stereocenters. The lowest BCUT2D eigenvalue weighted by Crippen LogP contribution is -2.20. The van der Waals surface area contributed by atoms with Gasteiger partial charge in [0, 0.05) is 6.42 Å². The second-order valence-corrected chi connectivity index (χ2v) is 3.54. The molecule has 0 aromatic heterocycles. The van der Waals surface area contributed by atoms with Gasteiger partial charge in [0.15, 0.2) is 0 Å². The van der Waals surface area contributed by atoms with Crippen molar-refractivity contribution in [2.45, 2.75) is 18.4 Å². The third-order valence-electron chi connectivity index (χ3n) is 2.50. The van der Waals surface area contributed by atoms with Crippen molar-refractivity contribution in [3.05, 3.63) is 29.8 Å². The van der Waals surface area contributed by atoms with Crippen LogP contribution in [0.1, 0.15) is 18.1 Å². The number of methoxy groups -OCH3 is 1. The lowest BCUT2D eigenvalue weighted by molar-refractivity contribution is -0.0698. The molecule has 2 rings (SSSR count). The quantitative estimate of drug-likeness (QED) is 0.753. The van der Waals surface area contributed by atoms with E-state index >= 15 is 0 Å². The molecule has 82 valence electrons. The molecule has 1 saturated heterocycles. The molecule has 1 aromatic rings. The largest absolute Gasteiger partial charge is 0.497 e. The first kappa shape index (κ1) is 10.4. The fraction of sp³-hybridized carbons (Fsp3) is 0.455. The number of hydrogen-bond donors (Lipinski definition) is 0. The fourth-order valence-electron chi connectivity index (χ4n) is 1.71. The summed E-state index contributed by atoms with van der Waals surface area (Å²) in [5.74, 6) is -2.20. The Morgan fingerprint density at radius 1 is 1.47 bits per heavy atom. The number of rotatable bonds is 2. The molecule has 1 aliphatic heterocycles. The molecule has 1 heterocycles. The Kier molecular flexibility index (Phi) is 2.61. The Balaban J connectivity index is 2.29. The van der Waals surface area contributed by atoms with Gasteiger partial charge in [-0.15, -0.1) is 0 Å². The van der Waals surface area contributed by atoms with Gasteiger partial charge in [-0.05, 0) is 17.7 Å². The Morgan fingerprint density at radius 2 is 2.27 bits per heavy atom. The summed E-state index contributed by atoms with van der Waals surface area (Å²) < 4.78 is 36.8. The molecule has 0 bridgehead atoms. The topological polar surface area (TPSA) is 18.5 Å². The average molecular weight is 214 g/mol. The molecule has 0 amide bonds. The molecule has 1 aromatic carbocycles. The van der Waals surface area contributed by atoms with E-state index in [0.29, 0.717) is 11.3 Å². The predicted octanol–water partition coefficient (Wildman–Crippen LogP) is 2.79. The van der Waals surface area contributed by atoms with Crippen LogP contribution in [0.3, 0.4) is 0 Å². The SMILES string of the molecule is COc1cccc(C2OCCC2(F)F)c1. The molecule has 0 saturated carbocycles. The van der Waals surface area contributed by atoms with Crippen molar-refractivity contribution in [1.82, 2.24) is 0 Å². The molecule has 0 spiro atoms. The highest BCUT2D eigenvalue weighted by atomic mass is 19.3. The van der Waals surface area contributed by atoms with Crippen molar-refractivity contribution >= 4 is 0 Å². The van der Waals surface area contributed by atoms with E-state index in [1.54, 1.807) is 24.3 Å². The van der Waals surface area contributed by atoms with Crippen molar-refractivity contribution in [3.8, 4) is 5.75 Å². The van der Waals surface area contributed by atoms with Crippen LogP contribution in [-0.4, -0.2) is 19.6 Å². The van der Waals surface area contributed by atoms with Crippen LogP contribution in [0.2, 0.25) is 0 Å². The number of benzene rings is 1. The summed E-state index contributed by atoms with van der Waals surface area (Å²) in [6.45, 7) is 0.106. The Morgan fingerprint density at radius 3 is 2.87 bits per heavy atom. The van der Waals surface area contributed by atoms with Gasteiger partial charge in [0.05, 0.1) is 13.7 Å². The highest BCUT2D eigenvalue weighted by Crippen LogP contribution is 2.42. The lowest BCUT2D eigenvalue weighted by Gasteiger charge is -2.18. The average Bonchev–Trinajstić information content (AvgIpc) is 2.58. The van der Waals surface area contributed by atoms with Crippen LogP contribution >= 0.6 is 0 Å². The molecular formula is C11H12F2O2. The first-order chi connectivity index (χ1) is 7.13. The number of alkyl halides is 2. The summed E-state index contributed by atoms with van der Waals surface area (Å²) in [6, 6.07) is 6.62. The second kappa shape index (κ2) is 3.77. The molecule has 0 N–H and O–H groups in total. The fourth-order valence-corrected chi connectivity index (χ4v) is 1.71. The number of ether oxygens (including phenoxy) is 2. The summed E-state index contributed by atoms with van der Waals surface area (Å²) in [5.41, 5.74) is 0.469. The maximum atomic E-state index is 13.4. The summed E-state index contributed by atoms with van der Waals surface area (Å²) >= 11 is 0. The van der Waals surface area contributed by atoms with Gasteiger partial charge in [0.1, 0.15) is 11.9 Å². The van der Waals surface area contributed by atoms with Crippen LogP contribution in [0.25, 0.3) is 0 Å². The van der Waals surface area contributed by atoms with Gasteiger partial charge >= 0.3 is 0 Å². The Labute approximate surface area is 86.8 Å². The van der Waals surface area contributed by atoms with Gasteiger partial charge in [-0.2, -0.15) is 0 Å². The number of hydrogen-bond acceptors (Lipinski definition) is 2. The van der Waals surface area contributed by atoms with Crippen LogP contribution in [0.4, 0.5) is 8.78 Å². The summed E-state index contributed by atoms with van der Waals surface area (Å²) in [6.07, 6.45) is -1.35. The standard InChI is InChI=1S/C11H12F2O2/c1-14-9-4-2-3-8(7-9)10-11(12,13)5-6-15-10/h2-4,7,10H,5-6H2,1H3. The molecular weight excluding hydrogens is 202 g/mol. The van der Waals surface area contributed by atoms with Crippen LogP contribution in [-0.2, 0) is 4.74 Å². The molecule has 0 aliphatic carbocycles. The molecule has 1 aliphatic rings. The first-order valence-corrected chi connectivity index (χ1v) is 4.77. The van der Waals surface area contributed by atoms with Gasteiger partial charge in [-0.1, -0.05) is 12.1 Å². The maximum Gasteiger partial charge on any atom is 0.280 e. The van der Waals surface area contributed by atoms with E-state index in [4.69, 9.17) is 9.47 Å². The van der Waals surface area contributed by atoms with Crippen molar-refractivity contribution in [2.75, 3.05) is 13.7 Å². The molecule has 1 fully saturated rings. The zero-order valence-corrected chi connectivity index (χ0v) is 8.37. The number of halogens is 2. The molecule has 4 heteroatoms. The van der Waals surface area contributed by atoms with Crippen molar-refractivity contribution in [1.29, 1.82) is 0 Å². The monoisotopic (exact) mass is 214 g/mol. The zero-order valence-electron chi connectivity index (χ0n) is 8.37. The predicted molar refractivity (Wildman–Crippen MR) is 51.3 cm³/mol. The van der Waals surface area contributed by atoms with E-state index in [0.717, 1.165) is 0 Å². The van der Waals surface area contributed by atoms with E-state index in [9.17, 15) is 8.78 Å². The van der Waals surface area contributed by atoms with E-state index in [2.05, 4.69) is 0 Å². The second-order valence-electron chi connectivity index (χ2n) is 3.54. The Hall–Kier alpha value is -1.16. The maximum absolute atomic E-state index is 13.4. The smallest absolute Gasteiger partial charge is 0.280 e. The normalized spacial score (nSPS) is 24.1.